The van der Waals surface area contributed by atoms with Gasteiger partial charge in [-0.25, -0.2) is 0 Å². The number of likely N-dealkylation sites (N-methyl/N-ethyl adjacent to an activating group) is 1. The molecule has 0 aromatic carbocycles. The molecule has 1 amide bonds. The number of carbonyl (C=O) groups is 1. The van der Waals surface area contributed by atoms with Gasteiger partial charge in [-0.05, 0) is 27.8 Å². The molecule has 0 aromatic heterocycles. The maximum atomic E-state index is 12.0. The fourth-order valence-electron chi connectivity index (χ4n) is 1.87. The molecule has 1 heterocycles. The highest BCUT2D eigenvalue weighted by Crippen LogP contribution is 2.12. The van der Waals surface area contributed by atoms with Crippen LogP contribution in [0.3, 0.4) is 0 Å². The predicted octanol–water partition coefficient (Wildman–Crippen LogP) is 0.881. The standard InChI is InChI=1S/C13H27N3O/c1-13(2,3)15(5)12(17)6-7-16-10-8-14(4)9-11-16/h6-11H2,1-5H3. The van der Waals surface area contributed by atoms with Crippen molar-refractivity contribution in [1.82, 2.24) is 14.7 Å². The molecule has 1 aliphatic heterocycles. The summed E-state index contributed by atoms with van der Waals surface area (Å²) in [5, 5.41) is 0. The van der Waals surface area contributed by atoms with Crippen LogP contribution in [0.15, 0.2) is 0 Å². The molecule has 0 spiro atoms. The molecule has 4 nitrogen and oxygen atoms in total. The predicted molar refractivity (Wildman–Crippen MR) is 71.1 cm³/mol. The van der Waals surface area contributed by atoms with Gasteiger partial charge < -0.3 is 14.7 Å². The Bertz CT molecular complexity index is 252. The minimum Gasteiger partial charge on any atom is -0.341 e. The minimum absolute atomic E-state index is 0.0702. The van der Waals surface area contributed by atoms with Gasteiger partial charge in [-0.2, -0.15) is 0 Å². The summed E-state index contributed by atoms with van der Waals surface area (Å²) in [4.78, 5) is 18.6. The van der Waals surface area contributed by atoms with Gasteiger partial charge in [0, 0.05) is 51.7 Å². The van der Waals surface area contributed by atoms with E-state index in [1.54, 1.807) is 0 Å². The molecule has 4 heteroatoms. The van der Waals surface area contributed by atoms with E-state index in [4.69, 9.17) is 0 Å². The third-order valence-corrected chi connectivity index (χ3v) is 3.62. The van der Waals surface area contributed by atoms with E-state index in [-0.39, 0.29) is 11.4 Å². The van der Waals surface area contributed by atoms with E-state index in [0.717, 1.165) is 32.7 Å². The molecule has 1 fully saturated rings. The van der Waals surface area contributed by atoms with Crippen molar-refractivity contribution >= 4 is 5.91 Å². The van der Waals surface area contributed by atoms with E-state index in [1.165, 1.54) is 0 Å². The fourth-order valence-corrected chi connectivity index (χ4v) is 1.87. The first kappa shape index (κ1) is 14.5. The van der Waals surface area contributed by atoms with Gasteiger partial charge in [0.15, 0.2) is 0 Å². The summed E-state index contributed by atoms with van der Waals surface area (Å²) < 4.78 is 0. The smallest absolute Gasteiger partial charge is 0.224 e. The molecule has 1 saturated heterocycles. The highest BCUT2D eigenvalue weighted by molar-refractivity contribution is 5.76. The lowest BCUT2D eigenvalue weighted by Gasteiger charge is -2.35. The first-order valence-electron chi connectivity index (χ1n) is 6.48. The number of hydrogen-bond donors (Lipinski definition) is 0. The maximum Gasteiger partial charge on any atom is 0.224 e. The van der Waals surface area contributed by atoms with E-state index in [9.17, 15) is 4.79 Å². The van der Waals surface area contributed by atoms with Crippen LogP contribution in [0, 0.1) is 0 Å². The van der Waals surface area contributed by atoms with Crippen molar-refractivity contribution in [2.75, 3.05) is 46.8 Å². The summed E-state index contributed by atoms with van der Waals surface area (Å²) in [6.07, 6.45) is 0.636. The number of piperazine rings is 1. The second-order valence-electron chi connectivity index (χ2n) is 6.02. The molecule has 17 heavy (non-hydrogen) atoms. The lowest BCUT2D eigenvalue weighted by Crippen LogP contribution is -2.47. The van der Waals surface area contributed by atoms with Gasteiger partial charge in [-0.15, -0.1) is 0 Å². The van der Waals surface area contributed by atoms with Crippen molar-refractivity contribution in [2.45, 2.75) is 32.7 Å². The lowest BCUT2D eigenvalue weighted by molar-refractivity contribution is -0.134. The molecular formula is C13H27N3O. The zero-order valence-electron chi connectivity index (χ0n) is 12.0. The van der Waals surface area contributed by atoms with Gasteiger partial charge in [0.1, 0.15) is 0 Å². The third kappa shape index (κ3) is 4.64. The number of amides is 1. The summed E-state index contributed by atoms with van der Waals surface area (Å²) in [7, 11) is 4.04. The third-order valence-electron chi connectivity index (χ3n) is 3.62. The number of hydrogen-bond acceptors (Lipinski definition) is 3. The second kappa shape index (κ2) is 5.83. The first-order chi connectivity index (χ1) is 7.80. The van der Waals surface area contributed by atoms with Crippen molar-refractivity contribution < 1.29 is 4.79 Å². The van der Waals surface area contributed by atoms with E-state index < -0.39 is 0 Å². The summed E-state index contributed by atoms with van der Waals surface area (Å²) in [6, 6.07) is 0. The second-order valence-corrected chi connectivity index (χ2v) is 6.02. The van der Waals surface area contributed by atoms with Gasteiger partial charge in [-0.3, -0.25) is 4.79 Å². The molecule has 1 rings (SSSR count). The Morgan fingerprint density at radius 3 is 2.18 bits per heavy atom. The number of nitrogens with zero attached hydrogens (tertiary/aromatic N) is 3. The van der Waals surface area contributed by atoms with Gasteiger partial charge in [0.2, 0.25) is 5.91 Å². The van der Waals surface area contributed by atoms with E-state index in [1.807, 2.05) is 11.9 Å². The summed E-state index contributed by atoms with van der Waals surface area (Å²) in [5.41, 5.74) is -0.0702. The molecular weight excluding hydrogens is 214 g/mol. The Hall–Kier alpha value is -0.610. The molecule has 0 atom stereocenters. The van der Waals surface area contributed by atoms with E-state index in [2.05, 4.69) is 37.6 Å². The average Bonchev–Trinajstić information content (AvgIpc) is 2.25. The van der Waals surface area contributed by atoms with E-state index >= 15 is 0 Å². The van der Waals surface area contributed by atoms with Crippen LogP contribution in [0.2, 0.25) is 0 Å². The quantitative estimate of drug-likeness (QED) is 0.734. The zero-order chi connectivity index (χ0) is 13.1. The molecule has 100 valence electrons. The van der Waals surface area contributed by atoms with Crippen LogP contribution in [0.4, 0.5) is 0 Å². The molecule has 0 radical (unpaired) electrons. The molecule has 0 aliphatic carbocycles. The zero-order valence-corrected chi connectivity index (χ0v) is 12.0. The van der Waals surface area contributed by atoms with Crippen LogP contribution in [-0.2, 0) is 4.79 Å². The van der Waals surface area contributed by atoms with Crippen LogP contribution in [0.5, 0.6) is 0 Å². The Balaban J connectivity index is 2.29. The summed E-state index contributed by atoms with van der Waals surface area (Å²) >= 11 is 0. The van der Waals surface area contributed by atoms with Crippen molar-refractivity contribution in [2.24, 2.45) is 0 Å². The summed E-state index contributed by atoms with van der Waals surface area (Å²) in [5.74, 6) is 0.247. The Morgan fingerprint density at radius 2 is 1.71 bits per heavy atom. The molecule has 0 N–H and O–H groups in total. The van der Waals surface area contributed by atoms with E-state index in [0.29, 0.717) is 6.42 Å². The van der Waals surface area contributed by atoms with Crippen molar-refractivity contribution in [1.29, 1.82) is 0 Å². The number of rotatable bonds is 3. The number of carbonyl (C=O) groups excluding carboxylic acids is 1. The summed E-state index contributed by atoms with van der Waals surface area (Å²) in [6.45, 7) is 11.5. The minimum atomic E-state index is -0.0702. The Labute approximate surface area is 106 Å². The van der Waals surface area contributed by atoms with Crippen molar-refractivity contribution in [3.63, 3.8) is 0 Å². The molecule has 0 saturated carbocycles. The Kier molecular flexibility index (Phi) is 4.95. The molecule has 0 bridgehead atoms. The highest BCUT2D eigenvalue weighted by Gasteiger charge is 2.23. The van der Waals surface area contributed by atoms with Crippen LogP contribution in [0.1, 0.15) is 27.2 Å². The monoisotopic (exact) mass is 241 g/mol. The van der Waals surface area contributed by atoms with Gasteiger partial charge in [-0.1, -0.05) is 0 Å². The van der Waals surface area contributed by atoms with Gasteiger partial charge in [0.05, 0.1) is 0 Å². The molecule has 1 aliphatic rings. The maximum absolute atomic E-state index is 12.0. The van der Waals surface area contributed by atoms with Crippen LogP contribution in [0.25, 0.3) is 0 Å². The van der Waals surface area contributed by atoms with Crippen molar-refractivity contribution in [3.8, 4) is 0 Å². The lowest BCUT2D eigenvalue weighted by atomic mass is 10.1. The van der Waals surface area contributed by atoms with Gasteiger partial charge >= 0.3 is 0 Å². The highest BCUT2D eigenvalue weighted by atomic mass is 16.2. The fraction of sp³-hybridized carbons (Fsp3) is 0.923. The van der Waals surface area contributed by atoms with Gasteiger partial charge in [0.25, 0.3) is 0 Å². The van der Waals surface area contributed by atoms with Crippen LogP contribution >= 0.6 is 0 Å². The topological polar surface area (TPSA) is 26.8 Å². The SMILES string of the molecule is CN1CCN(CCC(=O)N(C)C(C)(C)C)CC1. The molecule has 0 unspecified atom stereocenters. The Morgan fingerprint density at radius 1 is 1.18 bits per heavy atom. The van der Waals surface area contributed by atoms with Crippen LogP contribution in [-0.4, -0.2) is 73.0 Å². The molecule has 0 aromatic rings. The van der Waals surface area contributed by atoms with Crippen molar-refractivity contribution in [3.05, 3.63) is 0 Å². The first-order valence-corrected chi connectivity index (χ1v) is 6.48. The largest absolute Gasteiger partial charge is 0.341 e. The average molecular weight is 241 g/mol. The normalized spacial score (nSPS) is 19.4. The van der Waals surface area contributed by atoms with Crippen LogP contribution < -0.4 is 0 Å².